The molecule has 2 aromatic rings. The van der Waals surface area contributed by atoms with Gasteiger partial charge in [0.05, 0.1) is 5.02 Å². The van der Waals surface area contributed by atoms with Crippen LogP contribution in [0.4, 0.5) is 5.69 Å². The lowest BCUT2D eigenvalue weighted by molar-refractivity contribution is 0.0741. The van der Waals surface area contributed by atoms with E-state index in [0.717, 1.165) is 18.8 Å². The van der Waals surface area contributed by atoms with Crippen LogP contribution in [-0.4, -0.2) is 47.0 Å². The van der Waals surface area contributed by atoms with Crippen LogP contribution < -0.4 is 4.90 Å². The first-order valence-electron chi connectivity index (χ1n) is 6.90. The summed E-state index contributed by atoms with van der Waals surface area (Å²) >= 11 is 12.0. The van der Waals surface area contributed by atoms with Gasteiger partial charge in [-0.1, -0.05) is 29.3 Å². The van der Waals surface area contributed by atoms with Gasteiger partial charge >= 0.3 is 0 Å². The van der Waals surface area contributed by atoms with Crippen molar-refractivity contribution in [2.45, 2.75) is 0 Å². The van der Waals surface area contributed by atoms with Gasteiger partial charge in [0.2, 0.25) is 0 Å². The maximum Gasteiger partial charge on any atom is 0.274 e. The number of benzene rings is 1. The Morgan fingerprint density at radius 2 is 1.91 bits per heavy atom. The Balaban J connectivity index is 1.67. The van der Waals surface area contributed by atoms with Gasteiger partial charge in [-0.2, -0.15) is 0 Å². The van der Waals surface area contributed by atoms with Crippen molar-refractivity contribution in [1.29, 1.82) is 0 Å². The topological polar surface area (TPSA) is 49.3 Å². The molecule has 0 saturated carbocycles. The van der Waals surface area contributed by atoms with Crippen LogP contribution in [-0.2, 0) is 0 Å². The summed E-state index contributed by atoms with van der Waals surface area (Å²) in [5, 5.41) is 0.994. The summed E-state index contributed by atoms with van der Waals surface area (Å²) in [5.41, 5.74) is 1.33. The summed E-state index contributed by atoms with van der Waals surface area (Å²) in [6.45, 7) is 2.72. The molecule has 1 aromatic heterocycles. The minimum atomic E-state index is -0.154. The highest BCUT2D eigenvalue weighted by molar-refractivity contribution is 6.33. The first-order chi connectivity index (χ1) is 10.6. The van der Waals surface area contributed by atoms with E-state index >= 15 is 0 Å². The van der Waals surface area contributed by atoms with Crippen LogP contribution in [0.1, 0.15) is 10.5 Å². The lowest BCUT2D eigenvalue weighted by Gasteiger charge is -2.36. The summed E-state index contributed by atoms with van der Waals surface area (Å²) in [6.07, 6.45) is 2.77. The number of nitrogens with zero attached hydrogens (tertiary/aromatic N) is 4. The minimum absolute atomic E-state index is 0.154. The third kappa shape index (κ3) is 3.15. The molecule has 3 rings (SSSR count). The predicted octanol–water partition coefficient (Wildman–Crippen LogP) is 2.75. The zero-order valence-electron chi connectivity index (χ0n) is 11.7. The number of carbonyl (C=O) groups excluding carboxylic acids is 1. The molecule has 7 heteroatoms. The van der Waals surface area contributed by atoms with Crippen molar-refractivity contribution < 1.29 is 4.79 Å². The van der Waals surface area contributed by atoms with E-state index in [-0.39, 0.29) is 16.6 Å². The largest absolute Gasteiger partial charge is 0.368 e. The minimum Gasteiger partial charge on any atom is -0.368 e. The Bertz CT molecular complexity index is 687. The molecular formula is C15H14Cl2N4O. The average molecular weight is 337 g/mol. The van der Waals surface area contributed by atoms with E-state index in [1.54, 1.807) is 4.90 Å². The number of halogens is 2. The summed E-state index contributed by atoms with van der Waals surface area (Å²) in [6, 6.07) is 7.72. The van der Waals surface area contributed by atoms with Crippen LogP contribution in [0, 0.1) is 0 Å². The Hall–Kier alpha value is -1.85. The van der Waals surface area contributed by atoms with Gasteiger partial charge < -0.3 is 9.80 Å². The highest BCUT2D eigenvalue weighted by Gasteiger charge is 2.24. The lowest BCUT2D eigenvalue weighted by Crippen LogP contribution is -2.49. The molecule has 0 atom stereocenters. The van der Waals surface area contributed by atoms with Gasteiger partial charge in [0, 0.05) is 43.1 Å². The highest BCUT2D eigenvalue weighted by Crippen LogP contribution is 2.21. The maximum atomic E-state index is 12.4. The molecule has 1 aliphatic rings. The zero-order valence-corrected chi connectivity index (χ0v) is 13.3. The van der Waals surface area contributed by atoms with Crippen LogP contribution >= 0.6 is 23.2 Å². The van der Waals surface area contributed by atoms with Crippen LogP contribution in [0.3, 0.4) is 0 Å². The average Bonchev–Trinajstić information content (AvgIpc) is 2.55. The quantitative estimate of drug-likeness (QED) is 0.846. The normalized spacial score (nSPS) is 15.0. The molecule has 2 heterocycles. The molecule has 1 amide bonds. The molecule has 1 aromatic carbocycles. The fraction of sp³-hybridized carbons (Fsp3) is 0.267. The standard InChI is InChI=1S/C15H14Cl2N4O/c16-11-2-1-3-12(8-11)20-4-6-21(7-5-20)15(22)14-13(17)9-18-10-19-14/h1-3,8-10H,4-7H2. The molecule has 0 N–H and O–H groups in total. The molecule has 114 valence electrons. The maximum absolute atomic E-state index is 12.4. The van der Waals surface area contributed by atoms with Gasteiger partial charge in [0.15, 0.2) is 0 Å². The van der Waals surface area contributed by atoms with Crippen molar-refractivity contribution in [2.24, 2.45) is 0 Å². The Labute approximate surface area is 138 Å². The Kier molecular flexibility index (Phi) is 4.45. The zero-order chi connectivity index (χ0) is 15.5. The van der Waals surface area contributed by atoms with Gasteiger partial charge in [0.1, 0.15) is 12.0 Å². The van der Waals surface area contributed by atoms with Crippen LogP contribution in [0.25, 0.3) is 0 Å². The first-order valence-corrected chi connectivity index (χ1v) is 7.66. The summed E-state index contributed by atoms with van der Waals surface area (Å²) in [5.74, 6) is -0.154. The van der Waals surface area contributed by atoms with Crippen molar-refractivity contribution in [1.82, 2.24) is 14.9 Å². The molecule has 0 bridgehead atoms. The summed E-state index contributed by atoms with van der Waals surface area (Å²) < 4.78 is 0. The van der Waals surface area contributed by atoms with Crippen LogP contribution in [0.5, 0.6) is 0 Å². The Morgan fingerprint density at radius 1 is 1.14 bits per heavy atom. The number of piperazine rings is 1. The van der Waals surface area contributed by atoms with E-state index in [1.807, 2.05) is 24.3 Å². The monoisotopic (exact) mass is 336 g/mol. The van der Waals surface area contributed by atoms with Gasteiger partial charge in [-0.15, -0.1) is 0 Å². The van der Waals surface area contributed by atoms with Crippen molar-refractivity contribution in [2.75, 3.05) is 31.1 Å². The molecule has 0 radical (unpaired) electrons. The smallest absolute Gasteiger partial charge is 0.274 e. The summed E-state index contributed by atoms with van der Waals surface area (Å²) in [4.78, 5) is 24.2. The fourth-order valence-electron chi connectivity index (χ4n) is 2.46. The van der Waals surface area contributed by atoms with E-state index in [4.69, 9.17) is 23.2 Å². The van der Waals surface area contributed by atoms with Crippen LogP contribution in [0.2, 0.25) is 10.0 Å². The molecule has 1 fully saturated rings. The number of carbonyl (C=O) groups is 1. The molecular weight excluding hydrogens is 323 g/mol. The Morgan fingerprint density at radius 3 is 2.59 bits per heavy atom. The molecule has 0 spiro atoms. The number of amides is 1. The first kappa shape index (κ1) is 15.1. The van der Waals surface area contributed by atoms with Gasteiger partial charge in [-0.3, -0.25) is 4.79 Å². The SMILES string of the molecule is O=C(c1ncncc1Cl)N1CCN(c2cccc(Cl)c2)CC1. The number of rotatable bonds is 2. The van der Waals surface area contributed by atoms with E-state index in [0.29, 0.717) is 18.1 Å². The lowest BCUT2D eigenvalue weighted by atomic mass is 10.2. The number of aromatic nitrogens is 2. The second-order valence-electron chi connectivity index (χ2n) is 4.98. The van der Waals surface area contributed by atoms with E-state index in [9.17, 15) is 4.79 Å². The molecule has 0 unspecified atom stereocenters. The van der Waals surface area contributed by atoms with Crippen molar-refractivity contribution in [3.63, 3.8) is 0 Å². The summed E-state index contributed by atoms with van der Waals surface area (Å²) in [7, 11) is 0. The second kappa shape index (κ2) is 6.50. The predicted molar refractivity (Wildman–Crippen MR) is 86.6 cm³/mol. The van der Waals surface area contributed by atoms with Gasteiger partial charge in [-0.25, -0.2) is 9.97 Å². The van der Waals surface area contributed by atoms with Crippen LogP contribution in [0.15, 0.2) is 36.8 Å². The van der Waals surface area contributed by atoms with E-state index < -0.39 is 0 Å². The van der Waals surface area contributed by atoms with E-state index in [2.05, 4.69) is 14.9 Å². The third-order valence-electron chi connectivity index (χ3n) is 3.61. The number of hydrogen-bond acceptors (Lipinski definition) is 4. The number of anilines is 1. The fourth-order valence-corrected chi connectivity index (χ4v) is 2.83. The van der Waals surface area contributed by atoms with Crippen molar-refractivity contribution in [3.8, 4) is 0 Å². The van der Waals surface area contributed by atoms with Crippen molar-refractivity contribution >= 4 is 34.8 Å². The van der Waals surface area contributed by atoms with Crippen molar-refractivity contribution in [3.05, 3.63) is 52.5 Å². The molecule has 22 heavy (non-hydrogen) atoms. The van der Waals surface area contributed by atoms with Gasteiger partial charge in [-0.05, 0) is 18.2 Å². The number of hydrogen-bond donors (Lipinski definition) is 0. The highest BCUT2D eigenvalue weighted by atomic mass is 35.5. The second-order valence-corrected chi connectivity index (χ2v) is 5.82. The third-order valence-corrected chi connectivity index (χ3v) is 4.12. The molecule has 1 aliphatic heterocycles. The molecule has 0 aliphatic carbocycles. The molecule has 1 saturated heterocycles. The molecule has 5 nitrogen and oxygen atoms in total. The van der Waals surface area contributed by atoms with Gasteiger partial charge in [0.25, 0.3) is 5.91 Å². The van der Waals surface area contributed by atoms with E-state index in [1.165, 1.54) is 12.5 Å².